The molecule has 0 N–H and O–H groups in total. The molecule has 0 saturated carbocycles. The van der Waals surface area contributed by atoms with E-state index in [-0.39, 0.29) is 31.1 Å². The summed E-state index contributed by atoms with van der Waals surface area (Å²) in [5.74, 6) is -0.859. The van der Waals surface area contributed by atoms with Gasteiger partial charge in [0.15, 0.2) is 6.10 Å². The van der Waals surface area contributed by atoms with Crippen LogP contribution in [0.3, 0.4) is 0 Å². The molecule has 0 aliphatic carbocycles. The van der Waals surface area contributed by atoms with Gasteiger partial charge in [-0.15, -0.1) is 0 Å². The van der Waals surface area contributed by atoms with Gasteiger partial charge in [-0.2, -0.15) is 0 Å². The van der Waals surface area contributed by atoms with Crippen molar-refractivity contribution in [2.75, 3.05) is 13.2 Å². The summed E-state index contributed by atoms with van der Waals surface area (Å²) in [7, 11) is 0. The van der Waals surface area contributed by atoms with Crippen LogP contribution in [-0.2, 0) is 28.6 Å². The van der Waals surface area contributed by atoms with Gasteiger partial charge < -0.3 is 14.2 Å². The molecule has 0 heterocycles. The maximum absolute atomic E-state index is 13.0. The first kappa shape index (κ1) is 79.6. The summed E-state index contributed by atoms with van der Waals surface area (Å²) in [5.41, 5.74) is 0. The zero-order chi connectivity index (χ0) is 59.2. The maximum Gasteiger partial charge on any atom is 0.306 e. The maximum atomic E-state index is 13.0. The van der Waals surface area contributed by atoms with Crippen LogP contribution in [0, 0.1) is 0 Å². The molecule has 0 rings (SSSR count). The Bertz CT molecular complexity index is 1370. The molecule has 0 spiro atoms. The van der Waals surface area contributed by atoms with E-state index in [0.717, 1.165) is 77.0 Å². The molecule has 482 valence electrons. The molecule has 1 atom stereocenters. The highest BCUT2D eigenvalue weighted by Crippen LogP contribution is 2.19. The normalized spacial score (nSPS) is 12.2. The summed E-state index contributed by atoms with van der Waals surface area (Å²) < 4.78 is 17.0. The summed E-state index contributed by atoms with van der Waals surface area (Å²) in [5, 5.41) is 0. The van der Waals surface area contributed by atoms with E-state index < -0.39 is 6.10 Å². The zero-order valence-electron chi connectivity index (χ0n) is 55.5. The third-order valence-corrected chi connectivity index (χ3v) is 16.9. The van der Waals surface area contributed by atoms with Crippen LogP contribution in [0.5, 0.6) is 0 Å². The minimum atomic E-state index is -0.779. The number of esters is 3. The van der Waals surface area contributed by atoms with Gasteiger partial charge in [0.05, 0.1) is 0 Å². The van der Waals surface area contributed by atoms with Gasteiger partial charge in [0.2, 0.25) is 0 Å². The first-order valence-electron chi connectivity index (χ1n) is 37.0. The van der Waals surface area contributed by atoms with Gasteiger partial charge in [0.25, 0.3) is 0 Å². The summed E-state index contributed by atoms with van der Waals surface area (Å²) >= 11 is 0. The van der Waals surface area contributed by atoms with Gasteiger partial charge in [0.1, 0.15) is 13.2 Å². The Labute approximate surface area is 512 Å². The van der Waals surface area contributed by atoms with Gasteiger partial charge in [-0.25, -0.2) is 0 Å². The smallest absolute Gasteiger partial charge is 0.306 e. The Morgan fingerprint density at radius 1 is 0.244 bits per heavy atom. The molecule has 0 aromatic heterocycles. The number of ether oxygens (including phenoxy) is 3. The molecule has 0 aromatic rings. The van der Waals surface area contributed by atoms with E-state index in [1.54, 1.807) is 0 Å². The largest absolute Gasteiger partial charge is 0.462 e. The standard InChI is InChI=1S/C76H142O6/c1-4-7-10-13-16-19-22-25-28-31-33-34-35-36-37-38-39-40-41-42-44-45-48-51-54-57-60-63-66-69-75(78)81-72-73(71-80-74(77)68-65-62-59-56-53-50-47-30-27-24-21-18-15-12-9-6-3)82-76(79)70-67-64-61-58-55-52-49-46-43-32-29-26-23-20-17-14-11-8-5-2/h21,24,26,29-30,47,73H,4-20,22-23,25,27-28,31-46,48-72H2,1-3H3/b24-21-,29-26-,47-30-. The van der Waals surface area contributed by atoms with Crippen molar-refractivity contribution in [2.24, 2.45) is 0 Å². The van der Waals surface area contributed by atoms with Crippen LogP contribution in [0.15, 0.2) is 36.5 Å². The second-order valence-electron chi connectivity index (χ2n) is 25.2. The van der Waals surface area contributed by atoms with E-state index in [9.17, 15) is 14.4 Å². The van der Waals surface area contributed by atoms with Gasteiger partial charge >= 0.3 is 17.9 Å². The summed E-state index contributed by atoms with van der Waals surface area (Å²) in [4.78, 5) is 38.5. The summed E-state index contributed by atoms with van der Waals surface area (Å²) in [6.07, 6.45) is 89.0. The average molecular weight is 1150 g/mol. The van der Waals surface area contributed by atoms with E-state index in [4.69, 9.17) is 14.2 Å². The molecular formula is C76H142O6. The Morgan fingerprint density at radius 3 is 0.695 bits per heavy atom. The molecule has 0 bridgehead atoms. The second kappa shape index (κ2) is 71.1. The molecule has 0 aromatic carbocycles. The number of unbranched alkanes of at least 4 members (excludes halogenated alkanes) is 52. The lowest BCUT2D eigenvalue weighted by Crippen LogP contribution is -2.30. The highest BCUT2D eigenvalue weighted by Gasteiger charge is 2.19. The number of carbonyl (C=O) groups is 3. The van der Waals surface area contributed by atoms with Crippen LogP contribution < -0.4 is 0 Å². The van der Waals surface area contributed by atoms with Crippen LogP contribution >= 0.6 is 0 Å². The van der Waals surface area contributed by atoms with E-state index in [2.05, 4.69) is 57.2 Å². The third kappa shape index (κ3) is 68.4. The SMILES string of the molecule is CCCCCC/C=C\C/C=C\CCCCCCCC(=O)OCC(COC(=O)CCCCCCCCCCCCCCCCCCCCCCCCCCCCCCC)OC(=O)CCCCCCCCCCC/C=C\CCCCCCCC. The average Bonchev–Trinajstić information content (AvgIpc) is 3.47. The quantitative estimate of drug-likeness (QED) is 0.0261. The van der Waals surface area contributed by atoms with Crippen LogP contribution in [0.25, 0.3) is 0 Å². The molecule has 1 unspecified atom stereocenters. The topological polar surface area (TPSA) is 78.9 Å². The molecule has 0 saturated heterocycles. The molecule has 0 amide bonds. The number of rotatable bonds is 69. The third-order valence-electron chi connectivity index (χ3n) is 16.9. The highest BCUT2D eigenvalue weighted by molar-refractivity contribution is 5.71. The van der Waals surface area contributed by atoms with Crippen molar-refractivity contribution in [3.63, 3.8) is 0 Å². The predicted octanol–water partition coefficient (Wildman–Crippen LogP) is 25.5. The van der Waals surface area contributed by atoms with E-state index in [1.807, 2.05) is 0 Å². The van der Waals surface area contributed by atoms with Crippen molar-refractivity contribution in [3.05, 3.63) is 36.5 Å². The highest BCUT2D eigenvalue weighted by atomic mass is 16.6. The minimum absolute atomic E-state index is 0.0727. The fraction of sp³-hybridized carbons (Fsp3) is 0.882. The molecule has 0 fully saturated rings. The van der Waals surface area contributed by atoms with Crippen LogP contribution in [0.4, 0.5) is 0 Å². The van der Waals surface area contributed by atoms with E-state index in [0.29, 0.717) is 19.3 Å². The monoisotopic (exact) mass is 1150 g/mol. The fourth-order valence-corrected chi connectivity index (χ4v) is 11.3. The first-order chi connectivity index (χ1) is 40.5. The number of hydrogen-bond acceptors (Lipinski definition) is 6. The summed E-state index contributed by atoms with van der Waals surface area (Å²) in [6.45, 7) is 6.69. The van der Waals surface area contributed by atoms with Gasteiger partial charge in [-0.05, 0) is 77.0 Å². The fourth-order valence-electron chi connectivity index (χ4n) is 11.3. The van der Waals surface area contributed by atoms with Crippen LogP contribution in [-0.4, -0.2) is 37.2 Å². The molecule has 0 aliphatic heterocycles. The van der Waals surface area contributed by atoms with Crippen molar-refractivity contribution in [2.45, 2.75) is 419 Å². The Morgan fingerprint density at radius 2 is 0.439 bits per heavy atom. The summed E-state index contributed by atoms with van der Waals surface area (Å²) in [6, 6.07) is 0. The van der Waals surface area contributed by atoms with Crippen LogP contribution in [0.2, 0.25) is 0 Å². The molecule has 0 aliphatic rings. The molecule has 82 heavy (non-hydrogen) atoms. The lowest BCUT2D eigenvalue weighted by molar-refractivity contribution is -0.167. The van der Waals surface area contributed by atoms with Crippen molar-refractivity contribution in [1.82, 2.24) is 0 Å². The minimum Gasteiger partial charge on any atom is -0.462 e. The van der Waals surface area contributed by atoms with Gasteiger partial charge in [-0.3, -0.25) is 14.4 Å². The second-order valence-corrected chi connectivity index (χ2v) is 25.2. The Hall–Kier alpha value is -2.37. The first-order valence-corrected chi connectivity index (χ1v) is 37.0. The number of allylic oxidation sites excluding steroid dienone is 6. The van der Waals surface area contributed by atoms with Crippen molar-refractivity contribution >= 4 is 17.9 Å². The Balaban J connectivity index is 4.22. The molecule has 6 heteroatoms. The Kier molecular flexibility index (Phi) is 69.1. The van der Waals surface area contributed by atoms with Crippen molar-refractivity contribution in [3.8, 4) is 0 Å². The predicted molar refractivity (Wildman–Crippen MR) is 358 cm³/mol. The zero-order valence-corrected chi connectivity index (χ0v) is 55.5. The van der Waals surface area contributed by atoms with Crippen LogP contribution in [0.1, 0.15) is 412 Å². The van der Waals surface area contributed by atoms with Crippen molar-refractivity contribution in [1.29, 1.82) is 0 Å². The van der Waals surface area contributed by atoms with Crippen molar-refractivity contribution < 1.29 is 28.6 Å². The molecular weight excluding hydrogens is 1010 g/mol. The molecule has 0 radical (unpaired) electrons. The van der Waals surface area contributed by atoms with E-state index >= 15 is 0 Å². The van der Waals surface area contributed by atoms with E-state index in [1.165, 1.54) is 295 Å². The molecule has 6 nitrogen and oxygen atoms in total. The number of hydrogen-bond donors (Lipinski definition) is 0. The lowest BCUT2D eigenvalue weighted by atomic mass is 10.0. The van der Waals surface area contributed by atoms with Gasteiger partial charge in [0, 0.05) is 19.3 Å². The van der Waals surface area contributed by atoms with Gasteiger partial charge in [-0.1, -0.05) is 353 Å². The lowest BCUT2D eigenvalue weighted by Gasteiger charge is -2.18. The number of carbonyl (C=O) groups excluding carboxylic acids is 3.